The van der Waals surface area contributed by atoms with Gasteiger partial charge in [-0.25, -0.2) is 18.4 Å². The predicted molar refractivity (Wildman–Crippen MR) is 107 cm³/mol. The number of anilines is 2. The van der Waals surface area contributed by atoms with E-state index in [0.29, 0.717) is 16.7 Å². The summed E-state index contributed by atoms with van der Waals surface area (Å²) in [4.78, 5) is 30.4. The van der Waals surface area contributed by atoms with E-state index >= 15 is 0 Å². The minimum absolute atomic E-state index is 0.0768. The SMILES string of the molecule is O=C(O)CCC(=O)Nc1ccc(S(=O)(=O)Nc2nc3ccccc3nc2Cl)cc1. The van der Waals surface area contributed by atoms with Gasteiger partial charge < -0.3 is 10.4 Å². The van der Waals surface area contributed by atoms with Gasteiger partial charge in [-0.2, -0.15) is 0 Å². The third-order valence-electron chi connectivity index (χ3n) is 3.77. The lowest BCUT2D eigenvalue weighted by Gasteiger charge is -2.10. The monoisotopic (exact) mass is 434 g/mol. The number of carbonyl (C=O) groups excluding carboxylic acids is 1. The second kappa shape index (κ2) is 8.41. The van der Waals surface area contributed by atoms with Crippen LogP contribution in [0.4, 0.5) is 11.5 Å². The van der Waals surface area contributed by atoms with Crippen LogP contribution in [0, 0.1) is 0 Å². The maximum absolute atomic E-state index is 12.6. The highest BCUT2D eigenvalue weighted by molar-refractivity contribution is 7.92. The van der Waals surface area contributed by atoms with Crippen molar-refractivity contribution in [3.05, 3.63) is 53.7 Å². The van der Waals surface area contributed by atoms with E-state index in [2.05, 4.69) is 20.0 Å². The van der Waals surface area contributed by atoms with Gasteiger partial charge in [0.05, 0.1) is 22.3 Å². The molecule has 0 aliphatic heterocycles. The number of para-hydroxylation sites is 2. The molecule has 0 saturated heterocycles. The zero-order chi connectivity index (χ0) is 21.0. The Bertz CT molecular complexity index is 1180. The summed E-state index contributed by atoms with van der Waals surface area (Å²) in [5, 5.41) is 11.0. The number of nitrogens with one attached hydrogen (secondary N) is 2. The van der Waals surface area contributed by atoms with E-state index in [-0.39, 0.29) is 28.7 Å². The van der Waals surface area contributed by atoms with Gasteiger partial charge in [-0.15, -0.1) is 0 Å². The highest BCUT2D eigenvalue weighted by Gasteiger charge is 2.18. The fraction of sp³-hybridized carbons (Fsp3) is 0.111. The number of sulfonamides is 1. The average molecular weight is 435 g/mol. The molecule has 0 unspecified atom stereocenters. The molecule has 0 atom stereocenters. The molecule has 3 aromatic rings. The fourth-order valence-electron chi connectivity index (χ4n) is 2.39. The summed E-state index contributed by atoms with van der Waals surface area (Å²) in [6, 6.07) is 12.2. The number of rotatable bonds is 7. The number of nitrogens with zero attached hydrogens (tertiary/aromatic N) is 2. The number of aliphatic carboxylic acids is 1. The summed E-state index contributed by atoms with van der Waals surface area (Å²) < 4.78 is 27.5. The van der Waals surface area contributed by atoms with Crippen LogP contribution in [0.25, 0.3) is 11.0 Å². The van der Waals surface area contributed by atoms with Gasteiger partial charge in [0.25, 0.3) is 10.0 Å². The topological polar surface area (TPSA) is 138 Å². The molecule has 0 spiro atoms. The number of carbonyl (C=O) groups is 2. The van der Waals surface area contributed by atoms with Crippen LogP contribution in [0.1, 0.15) is 12.8 Å². The normalized spacial score (nSPS) is 11.2. The second-order valence-corrected chi connectivity index (χ2v) is 7.96. The van der Waals surface area contributed by atoms with Crippen LogP contribution in [-0.2, 0) is 19.6 Å². The molecule has 150 valence electrons. The lowest BCUT2D eigenvalue weighted by atomic mass is 10.2. The van der Waals surface area contributed by atoms with Crippen LogP contribution in [0.5, 0.6) is 0 Å². The Kier molecular flexibility index (Phi) is 5.95. The minimum atomic E-state index is -4.00. The first-order valence-corrected chi connectivity index (χ1v) is 10.2. The zero-order valence-corrected chi connectivity index (χ0v) is 16.4. The van der Waals surface area contributed by atoms with Crippen LogP contribution in [0.15, 0.2) is 53.4 Å². The Hall–Kier alpha value is -3.24. The van der Waals surface area contributed by atoms with Crippen molar-refractivity contribution < 1.29 is 23.1 Å². The smallest absolute Gasteiger partial charge is 0.303 e. The number of aromatic nitrogens is 2. The van der Waals surface area contributed by atoms with E-state index in [0.717, 1.165) is 0 Å². The third-order valence-corrected chi connectivity index (χ3v) is 5.39. The van der Waals surface area contributed by atoms with Crippen LogP contribution >= 0.6 is 11.6 Å². The van der Waals surface area contributed by atoms with Crippen LogP contribution in [0.2, 0.25) is 5.15 Å². The Labute approximate surface area is 170 Å². The van der Waals surface area contributed by atoms with Gasteiger partial charge in [0.1, 0.15) is 0 Å². The highest BCUT2D eigenvalue weighted by atomic mass is 35.5. The van der Waals surface area contributed by atoms with Crippen LogP contribution in [0.3, 0.4) is 0 Å². The Balaban J connectivity index is 1.75. The van der Waals surface area contributed by atoms with Crippen molar-refractivity contribution in [1.29, 1.82) is 0 Å². The summed E-state index contributed by atoms with van der Waals surface area (Å²) in [6.07, 6.45) is -0.480. The first kappa shape index (κ1) is 20.5. The van der Waals surface area contributed by atoms with E-state index in [1.54, 1.807) is 24.3 Å². The lowest BCUT2D eigenvalue weighted by molar-refractivity contribution is -0.138. The highest BCUT2D eigenvalue weighted by Crippen LogP contribution is 2.24. The first-order chi connectivity index (χ1) is 13.7. The third kappa shape index (κ3) is 5.18. The van der Waals surface area contributed by atoms with Crippen LogP contribution in [-0.4, -0.2) is 35.4 Å². The van der Waals surface area contributed by atoms with Crippen molar-refractivity contribution in [3.63, 3.8) is 0 Å². The molecule has 0 radical (unpaired) electrons. The number of fused-ring (bicyclic) bond motifs is 1. The Morgan fingerprint density at radius 3 is 2.21 bits per heavy atom. The molecule has 1 amide bonds. The molecule has 0 aliphatic rings. The number of hydrogen-bond acceptors (Lipinski definition) is 6. The molecule has 0 bridgehead atoms. The molecule has 0 aliphatic carbocycles. The van der Waals surface area contributed by atoms with Gasteiger partial charge in [-0.1, -0.05) is 23.7 Å². The van der Waals surface area contributed by atoms with Crippen molar-refractivity contribution in [2.24, 2.45) is 0 Å². The number of carboxylic acid groups (broad SMARTS) is 1. The fourth-order valence-corrected chi connectivity index (χ4v) is 3.64. The van der Waals surface area contributed by atoms with Gasteiger partial charge in [0.2, 0.25) is 5.91 Å². The van der Waals surface area contributed by atoms with Gasteiger partial charge in [0.15, 0.2) is 11.0 Å². The molecule has 2 aromatic carbocycles. The summed E-state index contributed by atoms with van der Waals surface area (Å²) in [6.45, 7) is 0. The lowest BCUT2D eigenvalue weighted by Crippen LogP contribution is -2.15. The Morgan fingerprint density at radius 1 is 0.966 bits per heavy atom. The van der Waals surface area contributed by atoms with Crippen molar-refractivity contribution in [3.8, 4) is 0 Å². The molecular weight excluding hydrogens is 420 g/mol. The standard InChI is InChI=1S/C18H15ClN4O5S/c19-17-18(22-14-4-2-1-3-13(14)21-17)23-29(27,28)12-7-5-11(6-8-12)20-15(24)9-10-16(25)26/h1-8H,9-10H2,(H,20,24)(H,22,23)(H,25,26). The maximum atomic E-state index is 12.6. The Morgan fingerprint density at radius 2 is 1.59 bits per heavy atom. The summed E-state index contributed by atoms with van der Waals surface area (Å²) in [5.41, 5.74) is 1.35. The van der Waals surface area contributed by atoms with E-state index in [1.807, 2.05) is 0 Å². The van der Waals surface area contributed by atoms with Gasteiger partial charge in [0, 0.05) is 12.1 Å². The molecular formula is C18H15ClN4O5S. The quantitative estimate of drug-likeness (QED) is 0.519. The zero-order valence-electron chi connectivity index (χ0n) is 14.8. The summed E-state index contributed by atoms with van der Waals surface area (Å²) in [5.74, 6) is -1.67. The van der Waals surface area contributed by atoms with Crippen LogP contribution < -0.4 is 10.0 Å². The molecule has 1 heterocycles. The van der Waals surface area contributed by atoms with E-state index in [9.17, 15) is 18.0 Å². The predicted octanol–water partition coefficient (Wildman–Crippen LogP) is 2.89. The van der Waals surface area contributed by atoms with Crippen molar-refractivity contribution >= 4 is 56.0 Å². The van der Waals surface area contributed by atoms with E-state index in [4.69, 9.17) is 16.7 Å². The van der Waals surface area contributed by atoms with Crippen molar-refractivity contribution in [1.82, 2.24) is 9.97 Å². The van der Waals surface area contributed by atoms with Crippen molar-refractivity contribution in [2.45, 2.75) is 17.7 Å². The van der Waals surface area contributed by atoms with Gasteiger partial charge >= 0.3 is 5.97 Å². The molecule has 29 heavy (non-hydrogen) atoms. The number of carboxylic acids is 1. The molecule has 1 aromatic heterocycles. The second-order valence-electron chi connectivity index (χ2n) is 5.92. The van der Waals surface area contributed by atoms with Crippen molar-refractivity contribution in [2.75, 3.05) is 10.0 Å². The van der Waals surface area contributed by atoms with Gasteiger partial charge in [-0.05, 0) is 36.4 Å². The molecule has 11 heteroatoms. The van der Waals surface area contributed by atoms with Gasteiger partial charge in [-0.3, -0.25) is 14.3 Å². The summed E-state index contributed by atoms with van der Waals surface area (Å²) >= 11 is 6.04. The van der Waals surface area contributed by atoms with E-state index in [1.165, 1.54) is 24.3 Å². The number of amides is 1. The first-order valence-electron chi connectivity index (χ1n) is 8.31. The minimum Gasteiger partial charge on any atom is -0.481 e. The molecule has 3 N–H and O–H groups in total. The summed E-state index contributed by atoms with van der Waals surface area (Å²) in [7, 11) is -4.00. The average Bonchev–Trinajstić information content (AvgIpc) is 2.67. The van der Waals surface area contributed by atoms with E-state index < -0.39 is 21.9 Å². The molecule has 0 saturated carbocycles. The number of hydrogen-bond donors (Lipinski definition) is 3. The molecule has 3 rings (SSSR count). The number of benzene rings is 2. The molecule has 9 nitrogen and oxygen atoms in total. The number of halogens is 1. The molecule has 0 fully saturated rings. The maximum Gasteiger partial charge on any atom is 0.303 e. The largest absolute Gasteiger partial charge is 0.481 e.